The molecule has 0 saturated heterocycles. The molecule has 0 fully saturated rings. The van der Waals surface area contributed by atoms with Crippen LogP contribution in [-0.2, 0) is 10.0 Å². The van der Waals surface area contributed by atoms with Crippen LogP contribution in [-0.4, -0.2) is 51.9 Å². The third-order valence-corrected chi connectivity index (χ3v) is 12.7. The Morgan fingerprint density at radius 2 is 0.776 bits per heavy atom. The van der Waals surface area contributed by atoms with E-state index in [1.165, 1.54) is 225 Å². The lowest BCUT2D eigenvalue weighted by Gasteiger charge is -2.41. The lowest BCUT2D eigenvalue weighted by Crippen LogP contribution is -2.55. The Morgan fingerprint density at radius 1 is 0.510 bits per heavy atom. The van der Waals surface area contributed by atoms with Gasteiger partial charge >= 0.3 is 0 Å². The summed E-state index contributed by atoms with van der Waals surface area (Å²) in [4.78, 5) is 0. The molecule has 0 amide bonds. The van der Waals surface area contributed by atoms with Crippen molar-refractivity contribution in [1.82, 2.24) is 4.72 Å². The van der Waals surface area contributed by atoms with Gasteiger partial charge in [-0.05, 0) is 38.8 Å². The van der Waals surface area contributed by atoms with Crippen LogP contribution in [0.25, 0.3) is 0 Å². The van der Waals surface area contributed by atoms with Crippen LogP contribution in [0.3, 0.4) is 0 Å². The normalized spacial score (nSPS) is 13.3. The van der Waals surface area contributed by atoms with Gasteiger partial charge in [-0.1, -0.05) is 213 Å². The summed E-state index contributed by atoms with van der Waals surface area (Å²) in [5, 5.41) is 0. The molecule has 1 N–H and O–H groups in total. The summed E-state index contributed by atoms with van der Waals surface area (Å²) in [6, 6.07) is 0.517. The predicted octanol–water partition coefficient (Wildman–Crippen LogP) is 13.8. The summed E-state index contributed by atoms with van der Waals surface area (Å²) in [6.45, 7) is 10.2. The SMILES string of the molecule is C=CC[N+](C)(CCS(=O)(=O)NC)C(CCCCCCCCCCCCCCCCCC)CCCCCCCCCCCCCCCCCC. The molecule has 0 bridgehead atoms. The van der Waals surface area contributed by atoms with Gasteiger partial charge in [-0.2, -0.15) is 0 Å². The van der Waals surface area contributed by atoms with Crippen LogP contribution < -0.4 is 4.72 Å². The average molecular weight is 712 g/mol. The van der Waals surface area contributed by atoms with E-state index in [9.17, 15) is 8.42 Å². The van der Waals surface area contributed by atoms with Crippen LogP contribution in [0.5, 0.6) is 0 Å². The fraction of sp³-hybridized carbons (Fsp3) is 0.955. The monoisotopic (exact) mass is 712 g/mol. The Labute approximate surface area is 310 Å². The topological polar surface area (TPSA) is 46.2 Å². The van der Waals surface area contributed by atoms with Crippen LogP contribution in [0.4, 0.5) is 0 Å². The number of hydrogen-bond acceptors (Lipinski definition) is 2. The molecule has 5 heteroatoms. The molecule has 0 aliphatic heterocycles. The van der Waals surface area contributed by atoms with E-state index in [0.29, 0.717) is 12.6 Å². The number of unbranched alkanes of at least 4 members (excludes halogenated alkanes) is 30. The van der Waals surface area contributed by atoms with E-state index < -0.39 is 10.0 Å². The van der Waals surface area contributed by atoms with Crippen molar-refractivity contribution in [2.45, 2.75) is 238 Å². The van der Waals surface area contributed by atoms with E-state index in [-0.39, 0.29) is 5.75 Å². The summed E-state index contributed by atoms with van der Waals surface area (Å²) >= 11 is 0. The molecule has 0 aliphatic carbocycles. The van der Waals surface area contributed by atoms with E-state index in [1.807, 2.05) is 6.08 Å². The maximum Gasteiger partial charge on any atom is 0.216 e. The highest BCUT2D eigenvalue weighted by Gasteiger charge is 2.32. The molecule has 0 rings (SSSR count). The Balaban J connectivity index is 4.30. The smallest absolute Gasteiger partial charge is 0.216 e. The van der Waals surface area contributed by atoms with Crippen LogP contribution >= 0.6 is 0 Å². The second kappa shape index (κ2) is 36.0. The number of nitrogens with one attached hydrogen (secondary N) is 1. The number of rotatable bonds is 41. The van der Waals surface area contributed by atoms with Crippen LogP contribution in [0.15, 0.2) is 12.7 Å². The summed E-state index contributed by atoms with van der Waals surface area (Å²) in [5.41, 5.74) is 0. The molecule has 0 heterocycles. The number of likely N-dealkylation sites (N-methyl/N-ethyl adjacent to an activating group) is 1. The van der Waals surface area contributed by atoms with Gasteiger partial charge in [0, 0.05) is 0 Å². The van der Waals surface area contributed by atoms with Gasteiger partial charge in [0.2, 0.25) is 10.0 Å². The van der Waals surface area contributed by atoms with Crippen molar-refractivity contribution in [3.05, 3.63) is 12.7 Å². The highest BCUT2D eigenvalue weighted by Crippen LogP contribution is 2.25. The van der Waals surface area contributed by atoms with E-state index >= 15 is 0 Å². The van der Waals surface area contributed by atoms with Crippen molar-refractivity contribution in [2.75, 3.05) is 32.9 Å². The summed E-state index contributed by atoms with van der Waals surface area (Å²) < 4.78 is 28.1. The number of sulfonamides is 1. The molecule has 0 aromatic heterocycles. The fourth-order valence-electron chi connectivity index (χ4n) is 7.77. The zero-order valence-electron chi connectivity index (χ0n) is 34.2. The third-order valence-electron chi connectivity index (χ3n) is 11.4. The van der Waals surface area contributed by atoms with Gasteiger partial charge in [0.1, 0.15) is 5.75 Å². The second-order valence-electron chi connectivity index (χ2n) is 16.0. The molecule has 4 nitrogen and oxygen atoms in total. The van der Waals surface area contributed by atoms with Gasteiger partial charge in [0.15, 0.2) is 0 Å². The van der Waals surface area contributed by atoms with E-state index in [0.717, 1.165) is 11.0 Å². The standard InChI is InChI=1S/C44H91N2O2S/c1-6-9-11-13-15-17-19-21-23-25-27-29-31-33-35-37-39-44(46(5,41-8-3)42-43-49(47,48)45-4)40-38-36-34-32-30-28-26-24-22-20-18-16-14-12-10-7-2/h8,44-45H,3,6-7,9-43H2,1-2,4-5H3/q+1. The minimum Gasteiger partial charge on any atom is -0.319 e. The molecule has 49 heavy (non-hydrogen) atoms. The van der Waals surface area contributed by atoms with Gasteiger partial charge < -0.3 is 4.48 Å². The van der Waals surface area contributed by atoms with Crippen LogP contribution in [0.2, 0.25) is 0 Å². The summed E-state index contributed by atoms with van der Waals surface area (Å²) in [7, 11) is 0.619. The Kier molecular flexibility index (Phi) is 35.7. The van der Waals surface area contributed by atoms with Crippen molar-refractivity contribution < 1.29 is 12.9 Å². The van der Waals surface area contributed by atoms with Crippen molar-refractivity contribution >= 4 is 10.0 Å². The first-order valence-corrected chi connectivity index (χ1v) is 23.9. The summed E-state index contributed by atoms with van der Waals surface area (Å²) in [5.74, 6) is 0.197. The van der Waals surface area contributed by atoms with Gasteiger partial charge in [-0.15, -0.1) is 0 Å². The van der Waals surface area contributed by atoms with E-state index in [1.54, 1.807) is 0 Å². The highest BCUT2D eigenvalue weighted by molar-refractivity contribution is 7.89. The molecule has 1 unspecified atom stereocenters. The zero-order valence-corrected chi connectivity index (χ0v) is 35.0. The number of nitrogens with zero attached hydrogens (tertiary/aromatic N) is 1. The molecule has 0 aromatic carbocycles. The van der Waals surface area contributed by atoms with Crippen molar-refractivity contribution in [3.63, 3.8) is 0 Å². The number of quaternary nitrogens is 1. The maximum absolute atomic E-state index is 12.4. The van der Waals surface area contributed by atoms with E-state index in [4.69, 9.17) is 0 Å². The minimum atomic E-state index is -3.21. The first-order chi connectivity index (χ1) is 23.8. The molecule has 0 saturated carbocycles. The highest BCUT2D eigenvalue weighted by atomic mass is 32.2. The maximum atomic E-state index is 12.4. The third kappa shape index (κ3) is 32.0. The van der Waals surface area contributed by atoms with Gasteiger partial charge in [0.25, 0.3) is 0 Å². The fourth-order valence-corrected chi connectivity index (χ4v) is 8.63. The molecule has 0 aliphatic rings. The van der Waals surface area contributed by atoms with Gasteiger partial charge in [-0.25, -0.2) is 13.1 Å². The van der Waals surface area contributed by atoms with Crippen molar-refractivity contribution in [3.8, 4) is 0 Å². The lowest BCUT2D eigenvalue weighted by atomic mass is 9.96. The Bertz CT molecular complexity index is 750. The molecule has 0 spiro atoms. The number of hydrogen-bond donors (Lipinski definition) is 1. The molecular formula is C44H91N2O2S+. The zero-order chi connectivity index (χ0) is 36.2. The van der Waals surface area contributed by atoms with Gasteiger partial charge in [0.05, 0.1) is 26.2 Å². The largest absolute Gasteiger partial charge is 0.319 e. The molecule has 1 atom stereocenters. The van der Waals surface area contributed by atoms with Crippen LogP contribution in [0, 0.1) is 0 Å². The van der Waals surface area contributed by atoms with Crippen molar-refractivity contribution in [2.24, 2.45) is 0 Å². The first kappa shape index (κ1) is 48.6. The van der Waals surface area contributed by atoms with E-state index in [2.05, 4.69) is 32.2 Å². The van der Waals surface area contributed by atoms with Gasteiger partial charge in [-0.3, -0.25) is 0 Å². The first-order valence-electron chi connectivity index (χ1n) is 22.2. The van der Waals surface area contributed by atoms with Crippen molar-refractivity contribution in [1.29, 1.82) is 0 Å². The average Bonchev–Trinajstić information content (AvgIpc) is 3.09. The summed E-state index contributed by atoms with van der Waals surface area (Å²) in [6.07, 6.45) is 49.2. The molecule has 0 radical (unpaired) electrons. The minimum absolute atomic E-state index is 0.197. The lowest BCUT2D eigenvalue weighted by molar-refractivity contribution is -0.926. The van der Waals surface area contributed by atoms with Crippen LogP contribution in [0.1, 0.15) is 232 Å². The Morgan fingerprint density at radius 3 is 1.02 bits per heavy atom. The molecule has 0 aromatic rings. The second-order valence-corrected chi connectivity index (χ2v) is 18.1. The predicted molar refractivity (Wildman–Crippen MR) is 221 cm³/mol. The quantitative estimate of drug-likeness (QED) is 0.0390. The Hall–Kier alpha value is -0.390. The molecular weight excluding hydrogens is 621 g/mol. The molecule has 294 valence electrons.